The van der Waals surface area contributed by atoms with E-state index in [4.69, 9.17) is 18.9 Å². The van der Waals surface area contributed by atoms with Crippen molar-refractivity contribution in [2.45, 2.75) is 42.6 Å². The first-order valence-corrected chi connectivity index (χ1v) is 14.3. The fourth-order valence-electron chi connectivity index (χ4n) is 5.67. The molecule has 0 aromatic heterocycles. The van der Waals surface area contributed by atoms with E-state index in [1.165, 1.54) is 36.4 Å². The van der Waals surface area contributed by atoms with Gasteiger partial charge in [-0.15, -0.1) is 0 Å². The van der Waals surface area contributed by atoms with Gasteiger partial charge in [0.25, 0.3) is 11.2 Å². The highest BCUT2D eigenvalue weighted by molar-refractivity contribution is 5.83. The second-order valence-electron chi connectivity index (χ2n) is 10.8. The maximum absolute atomic E-state index is 14.5. The number of carbonyl (C=O) groups excluding carboxylic acids is 2. The molecule has 13 heteroatoms. The molecule has 0 radical (unpaired) electrons. The SMILES string of the molecule is CO[C@@](C(=O)OC[C@@H]1CN(Cc2ccccc2)CC[C@H]1OC(=O)[C@](OC)(c1ccccc1)C(F)(F)F)(c1ccccc1)C(F)(F)F. The fourth-order valence-corrected chi connectivity index (χ4v) is 5.67. The molecule has 7 nitrogen and oxygen atoms in total. The maximum atomic E-state index is 14.5. The summed E-state index contributed by atoms with van der Waals surface area (Å²) in [5.74, 6) is -4.54. The third-order valence-electron chi connectivity index (χ3n) is 8.03. The van der Waals surface area contributed by atoms with Crippen LogP contribution in [0.25, 0.3) is 0 Å². The number of alkyl halides is 6. The van der Waals surface area contributed by atoms with Gasteiger partial charge in [0.2, 0.25) is 0 Å². The normalized spacial score (nSPS) is 20.3. The van der Waals surface area contributed by atoms with Gasteiger partial charge in [0.05, 0.1) is 6.61 Å². The number of likely N-dealkylation sites (tertiary alicyclic amines) is 1. The van der Waals surface area contributed by atoms with Crippen molar-refractivity contribution in [1.82, 2.24) is 4.90 Å². The summed E-state index contributed by atoms with van der Waals surface area (Å²) >= 11 is 0. The first-order valence-electron chi connectivity index (χ1n) is 14.3. The van der Waals surface area contributed by atoms with E-state index in [1.54, 1.807) is 0 Å². The number of nitrogens with zero attached hydrogens (tertiary/aromatic N) is 1. The molecule has 4 atom stereocenters. The summed E-state index contributed by atoms with van der Waals surface area (Å²) in [5, 5.41) is 0. The summed E-state index contributed by atoms with van der Waals surface area (Å²) in [5.41, 5.74) is -7.10. The van der Waals surface area contributed by atoms with E-state index in [0.29, 0.717) is 6.54 Å². The molecule has 0 spiro atoms. The van der Waals surface area contributed by atoms with Crippen molar-refractivity contribution in [3.63, 3.8) is 0 Å². The number of ether oxygens (including phenoxy) is 4. The number of rotatable bonds is 11. The van der Waals surface area contributed by atoms with E-state index in [-0.39, 0.29) is 19.5 Å². The molecule has 4 rings (SSSR count). The lowest BCUT2D eigenvalue weighted by Crippen LogP contribution is -2.55. The van der Waals surface area contributed by atoms with Crippen LogP contribution in [0.5, 0.6) is 0 Å². The molecule has 1 heterocycles. The highest BCUT2D eigenvalue weighted by Gasteiger charge is 2.65. The van der Waals surface area contributed by atoms with E-state index >= 15 is 0 Å². The molecule has 0 unspecified atom stereocenters. The molecule has 46 heavy (non-hydrogen) atoms. The predicted octanol–water partition coefficient (Wildman–Crippen LogP) is 6.17. The zero-order valence-corrected chi connectivity index (χ0v) is 25.0. The monoisotopic (exact) mass is 653 g/mol. The number of methoxy groups -OCH3 is 2. The fraction of sp³-hybridized carbons (Fsp3) is 0.394. The van der Waals surface area contributed by atoms with E-state index in [0.717, 1.165) is 44.0 Å². The van der Waals surface area contributed by atoms with E-state index < -0.39 is 65.2 Å². The molecule has 0 saturated carbocycles. The van der Waals surface area contributed by atoms with Gasteiger partial charge in [-0.25, -0.2) is 9.59 Å². The van der Waals surface area contributed by atoms with Gasteiger partial charge in [0, 0.05) is 50.9 Å². The zero-order chi connectivity index (χ0) is 33.6. The van der Waals surface area contributed by atoms with Crippen LogP contribution >= 0.6 is 0 Å². The lowest BCUT2D eigenvalue weighted by atomic mass is 9.91. The van der Waals surface area contributed by atoms with Crippen LogP contribution in [-0.4, -0.2) is 69.2 Å². The van der Waals surface area contributed by atoms with Crippen LogP contribution in [-0.2, 0) is 46.3 Å². The number of esters is 2. The lowest BCUT2D eigenvalue weighted by Gasteiger charge is -2.40. The smallest absolute Gasteiger partial charge is 0.432 e. The van der Waals surface area contributed by atoms with Gasteiger partial charge in [-0.05, 0) is 12.0 Å². The van der Waals surface area contributed by atoms with Crippen molar-refractivity contribution in [2.24, 2.45) is 5.92 Å². The largest absolute Gasteiger partial charge is 0.463 e. The average molecular weight is 654 g/mol. The highest BCUT2D eigenvalue weighted by Crippen LogP contribution is 2.45. The Hall–Kier alpha value is -3.94. The zero-order valence-electron chi connectivity index (χ0n) is 25.0. The second-order valence-corrected chi connectivity index (χ2v) is 10.8. The van der Waals surface area contributed by atoms with Gasteiger partial charge in [0.15, 0.2) is 0 Å². The third kappa shape index (κ3) is 6.91. The number of hydrogen-bond donors (Lipinski definition) is 0. The van der Waals surface area contributed by atoms with Crippen molar-refractivity contribution in [1.29, 1.82) is 0 Å². The minimum absolute atomic E-state index is 0.000604. The van der Waals surface area contributed by atoms with Crippen molar-refractivity contribution < 1.29 is 54.9 Å². The van der Waals surface area contributed by atoms with E-state index in [1.807, 2.05) is 35.2 Å². The molecule has 1 aliphatic heterocycles. The standard InChI is InChI=1S/C33H33F6NO6/c1-43-30(32(34,35)36,25-14-8-4-9-15-25)28(41)45-22-24-21-40(20-23-12-6-3-7-13-23)19-18-27(24)46-29(42)31(44-2,33(37,38)39)26-16-10-5-11-17-26/h3-17,24,27H,18-22H2,1-2H3/t24-,27+,30+,31+/m0/s1. The summed E-state index contributed by atoms with van der Waals surface area (Å²) in [4.78, 5) is 28.6. The van der Waals surface area contributed by atoms with Gasteiger partial charge in [-0.1, -0.05) is 91.0 Å². The summed E-state index contributed by atoms with van der Waals surface area (Å²) in [6.07, 6.45) is -11.7. The number of halogens is 6. The molecule has 3 aromatic rings. The van der Waals surface area contributed by atoms with Crippen LogP contribution in [0.2, 0.25) is 0 Å². The maximum Gasteiger partial charge on any atom is 0.432 e. The predicted molar refractivity (Wildman–Crippen MR) is 153 cm³/mol. The van der Waals surface area contributed by atoms with Crippen molar-refractivity contribution in [3.8, 4) is 0 Å². The van der Waals surface area contributed by atoms with E-state index in [9.17, 15) is 35.9 Å². The molecule has 248 valence electrons. The molecule has 1 saturated heterocycles. The Kier molecular flexibility index (Phi) is 10.8. The Balaban J connectivity index is 1.63. The van der Waals surface area contributed by atoms with Crippen LogP contribution in [0.4, 0.5) is 26.3 Å². The first kappa shape index (κ1) is 34.9. The second kappa shape index (κ2) is 14.2. The van der Waals surface area contributed by atoms with Crippen LogP contribution < -0.4 is 0 Å². The number of benzene rings is 3. The van der Waals surface area contributed by atoms with Crippen LogP contribution in [0.3, 0.4) is 0 Å². The van der Waals surface area contributed by atoms with E-state index in [2.05, 4.69) is 0 Å². The molecular weight excluding hydrogens is 620 g/mol. The minimum atomic E-state index is -5.24. The molecule has 0 N–H and O–H groups in total. The quantitative estimate of drug-likeness (QED) is 0.181. The van der Waals surface area contributed by atoms with Gasteiger partial charge in [-0.3, -0.25) is 4.90 Å². The van der Waals surface area contributed by atoms with Crippen molar-refractivity contribution in [2.75, 3.05) is 33.9 Å². The van der Waals surface area contributed by atoms with Crippen LogP contribution in [0.15, 0.2) is 91.0 Å². The Morgan fingerprint density at radius 3 is 1.63 bits per heavy atom. The van der Waals surface area contributed by atoms with Crippen molar-refractivity contribution >= 4 is 11.9 Å². The van der Waals surface area contributed by atoms with Crippen molar-refractivity contribution in [3.05, 3.63) is 108 Å². The molecule has 1 fully saturated rings. The number of piperidine rings is 1. The van der Waals surface area contributed by atoms with Crippen LogP contribution in [0.1, 0.15) is 23.1 Å². The Bertz CT molecular complexity index is 1440. The third-order valence-corrected chi connectivity index (χ3v) is 8.03. The molecule has 0 amide bonds. The Morgan fingerprint density at radius 1 is 0.717 bits per heavy atom. The summed E-state index contributed by atoms with van der Waals surface area (Å²) in [7, 11) is 1.45. The molecular formula is C33H33F6NO6. The molecule has 0 bridgehead atoms. The lowest BCUT2D eigenvalue weighted by molar-refractivity contribution is -0.280. The Morgan fingerprint density at radius 2 is 1.17 bits per heavy atom. The summed E-state index contributed by atoms with van der Waals surface area (Å²) in [6.45, 7) is -0.0411. The van der Waals surface area contributed by atoms with Gasteiger partial charge >= 0.3 is 24.3 Å². The number of carbonyl (C=O) groups is 2. The van der Waals surface area contributed by atoms with Crippen LogP contribution in [0, 0.1) is 5.92 Å². The summed E-state index contributed by atoms with van der Waals surface area (Å²) < 4.78 is 107. The molecule has 0 aliphatic carbocycles. The molecule has 1 aliphatic rings. The van der Waals surface area contributed by atoms with Gasteiger partial charge < -0.3 is 18.9 Å². The minimum Gasteiger partial charge on any atom is -0.463 e. The van der Waals surface area contributed by atoms with Gasteiger partial charge in [0.1, 0.15) is 6.10 Å². The number of hydrogen-bond acceptors (Lipinski definition) is 7. The molecule has 3 aromatic carbocycles. The van der Waals surface area contributed by atoms with Gasteiger partial charge in [-0.2, -0.15) is 26.3 Å². The first-order chi connectivity index (χ1) is 21.8. The summed E-state index contributed by atoms with van der Waals surface area (Å²) in [6, 6.07) is 21.6. The highest BCUT2D eigenvalue weighted by atomic mass is 19.4. The topological polar surface area (TPSA) is 74.3 Å². The average Bonchev–Trinajstić information content (AvgIpc) is 3.02. The Labute approximate surface area is 262 Å².